The van der Waals surface area contributed by atoms with Gasteiger partial charge in [-0.3, -0.25) is 4.90 Å². The van der Waals surface area contributed by atoms with Crippen molar-refractivity contribution in [2.24, 2.45) is 0 Å². The maximum absolute atomic E-state index is 10.2. The maximum Gasteiger partial charge on any atom is 0.408 e. The van der Waals surface area contributed by atoms with Crippen LogP contribution >= 0.6 is 0 Å². The van der Waals surface area contributed by atoms with E-state index in [0.717, 1.165) is 4.90 Å². The molecule has 0 aromatic carbocycles. The minimum atomic E-state index is -1.15. The smallest absolute Gasteiger partial charge is 0.408 e. The van der Waals surface area contributed by atoms with Crippen LogP contribution in [0.5, 0.6) is 0 Å². The van der Waals surface area contributed by atoms with Crippen molar-refractivity contribution in [3.05, 3.63) is 0 Å². The second kappa shape index (κ2) is 2.17. The van der Waals surface area contributed by atoms with E-state index in [1.165, 1.54) is 0 Å². The van der Waals surface area contributed by atoms with Crippen molar-refractivity contribution in [2.75, 3.05) is 6.54 Å². The van der Waals surface area contributed by atoms with Crippen LogP contribution in [0.4, 0.5) is 4.79 Å². The largest absolute Gasteiger partial charge is 0.480 e. The predicted octanol–water partition coefficient (Wildman–Crippen LogP) is -0.177. The Balaban J connectivity index is 2.51. The number of hydrogen-bond donors (Lipinski definition) is 2. The summed E-state index contributed by atoms with van der Waals surface area (Å²) in [5.41, 5.74) is 0. The third-order valence-electron chi connectivity index (χ3n) is 1.55. The summed E-state index contributed by atoms with van der Waals surface area (Å²) in [5, 5.41) is 16.7. The van der Waals surface area contributed by atoms with Crippen LogP contribution in [0.2, 0.25) is 0 Å². The van der Waals surface area contributed by atoms with Gasteiger partial charge >= 0.3 is 12.1 Å². The van der Waals surface area contributed by atoms with E-state index in [2.05, 4.69) is 0 Å². The molecule has 0 radical (unpaired) electrons. The van der Waals surface area contributed by atoms with Gasteiger partial charge < -0.3 is 10.2 Å². The molecule has 0 aromatic heterocycles. The van der Waals surface area contributed by atoms with E-state index < -0.39 is 18.1 Å². The van der Waals surface area contributed by atoms with Gasteiger partial charge in [0.05, 0.1) is 0 Å². The standard InChI is InChI=1S/C5H7NO4/c7-4(8)3-1-2-6(3)5(9)10/h3H,1-2H2,(H,7,8)(H,9,10). The monoisotopic (exact) mass is 145 g/mol. The number of carbonyl (C=O) groups is 2. The minimum Gasteiger partial charge on any atom is -0.480 e. The molecule has 1 heterocycles. The van der Waals surface area contributed by atoms with Crippen LogP contribution in [0, 0.1) is 0 Å². The number of nitrogens with zero attached hydrogens (tertiary/aromatic N) is 1. The fourth-order valence-electron chi connectivity index (χ4n) is 0.873. The lowest BCUT2D eigenvalue weighted by molar-refractivity contribution is -0.146. The van der Waals surface area contributed by atoms with Gasteiger partial charge in [-0.15, -0.1) is 0 Å². The Morgan fingerprint density at radius 2 is 2.00 bits per heavy atom. The predicted molar refractivity (Wildman–Crippen MR) is 30.8 cm³/mol. The zero-order valence-corrected chi connectivity index (χ0v) is 5.15. The molecule has 0 saturated carbocycles. The number of carboxylic acid groups (broad SMARTS) is 2. The molecule has 56 valence electrons. The summed E-state index contributed by atoms with van der Waals surface area (Å²) in [5.74, 6) is -1.06. The zero-order valence-electron chi connectivity index (χ0n) is 5.15. The van der Waals surface area contributed by atoms with Crippen LogP contribution in [-0.4, -0.2) is 39.8 Å². The molecular weight excluding hydrogens is 138 g/mol. The molecule has 10 heavy (non-hydrogen) atoms. The molecule has 1 aliphatic rings. The van der Waals surface area contributed by atoms with E-state index in [4.69, 9.17) is 10.2 Å². The summed E-state index contributed by atoms with van der Waals surface area (Å²) in [4.78, 5) is 21.3. The van der Waals surface area contributed by atoms with Crippen molar-refractivity contribution in [3.63, 3.8) is 0 Å². The number of hydrogen-bond acceptors (Lipinski definition) is 2. The Morgan fingerprint density at radius 3 is 2.10 bits per heavy atom. The van der Waals surface area contributed by atoms with Crippen LogP contribution in [0.3, 0.4) is 0 Å². The molecule has 1 fully saturated rings. The van der Waals surface area contributed by atoms with Crippen molar-refractivity contribution in [3.8, 4) is 0 Å². The van der Waals surface area contributed by atoms with Gasteiger partial charge in [-0.1, -0.05) is 0 Å². The molecule has 0 spiro atoms. The maximum atomic E-state index is 10.2. The van der Waals surface area contributed by atoms with Gasteiger partial charge in [-0.2, -0.15) is 0 Å². The molecule has 5 heteroatoms. The van der Waals surface area contributed by atoms with Gasteiger partial charge in [0.25, 0.3) is 0 Å². The third kappa shape index (κ3) is 0.896. The zero-order chi connectivity index (χ0) is 7.72. The second-order valence-corrected chi connectivity index (χ2v) is 2.12. The topological polar surface area (TPSA) is 77.8 Å². The van der Waals surface area contributed by atoms with E-state index >= 15 is 0 Å². The highest BCUT2D eigenvalue weighted by molar-refractivity contribution is 5.81. The molecule has 0 bridgehead atoms. The molecule has 1 unspecified atom stereocenters. The first-order valence-corrected chi connectivity index (χ1v) is 2.85. The third-order valence-corrected chi connectivity index (χ3v) is 1.55. The Morgan fingerprint density at radius 1 is 1.40 bits per heavy atom. The van der Waals surface area contributed by atoms with Gasteiger partial charge in [0.1, 0.15) is 6.04 Å². The molecule has 0 aromatic rings. The normalized spacial score (nSPS) is 23.6. The van der Waals surface area contributed by atoms with Gasteiger partial charge in [0.15, 0.2) is 0 Å². The summed E-state index contributed by atoms with van der Waals surface area (Å²) in [6.45, 7) is 0.340. The summed E-state index contributed by atoms with van der Waals surface area (Å²) < 4.78 is 0. The fraction of sp³-hybridized carbons (Fsp3) is 0.600. The summed E-state index contributed by atoms with van der Waals surface area (Å²) in [6, 6.07) is -0.808. The summed E-state index contributed by atoms with van der Waals surface area (Å²) in [6.07, 6.45) is -0.722. The first-order chi connectivity index (χ1) is 4.63. The first-order valence-electron chi connectivity index (χ1n) is 2.85. The molecular formula is C5H7NO4. The van der Waals surface area contributed by atoms with Crippen molar-refractivity contribution in [2.45, 2.75) is 12.5 Å². The fourth-order valence-corrected chi connectivity index (χ4v) is 0.873. The van der Waals surface area contributed by atoms with Crippen LogP contribution in [-0.2, 0) is 4.79 Å². The van der Waals surface area contributed by atoms with E-state index in [1.54, 1.807) is 0 Å². The van der Waals surface area contributed by atoms with Gasteiger partial charge in [-0.05, 0) is 6.42 Å². The molecule has 1 saturated heterocycles. The highest BCUT2D eigenvalue weighted by Gasteiger charge is 2.37. The van der Waals surface area contributed by atoms with E-state index in [1.807, 2.05) is 0 Å². The average Bonchev–Trinajstić information content (AvgIpc) is 1.56. The highest BCUT2D eigenvalue weighted by Crippen LogP contribution is 2.16. The quantitative estimate of drug-likeness (QED) is 0.536. The van der Waals surface area contributed by atoms with Crippen LogP contribution in [0.1, 0.15) is 6.42 Å². The van der Waals surface area contributed by atoms with E-state index in [-0.39, 0.29) is 0 Å². The lowest BCUT2D eigenvalue weighted by Crippen LogP contribution is -2.54. The number of rotatable bonds is 1. The lowest BCUT2D eigenvalue weighted by Gasteiger charge is -2.35. The summed E-state index contributed by atoms with van der Waals surface area (Å²) >= 11 is 0. The van der Waals surface area contributed by atoms with Crippen molar-refractivity contribution in [1.82, 2.24) is 4.90 Å². The van der Waals surface area contributed by atoms with Gasteiger partial charge in [-0.25, -0.2) is 9.59 Å². The van der Waals surface area contributed by atoms with Crippen LogP contribution < -0.4 is 0 Å². The van der Waals surface area contributed by atoms with E-state index in [0.29, 0.717) is 13.0 Å². The molecule has 0 aliphatic carbocycles. The van der Waals surface area contributed by atoms with E-state index in [9.17, 15) is 9.59 Å². The van der Waals surface area contributed by atoms with Crippen LogP contribution in [0.25, 0.3) is 0 Å². The SMILES string of the molecule is O=C(O)C1CCN1C(=O)O. The molecule has 1 atom stereocenters. The van der Waals surface area contributed by atoms with Crippen molar-refractivity contribution in [1.29, 1.82) is 0 Å². The number of likely N-dealkylation sites (tertiary alicyclic amines) is 1. The highest BCUT2D eigenvalue weighted by atomic mass is 16.4. The van der Waals surface area contributed by atoms with Crippen molar-refractivity contribution < 1.29 is 19.8 Å². The Labute approximate surface area is 56.9 Å². The Kier molecular flexibility index (Phi) is 1.48. The lowest BCUT2D eigenvalue weighted by atomic mass is 10.1. The first kappa shape index (κ1) is 6.85. The molecule has 5 nitrogen and oxygen atoms in total. The second-order valence-electron chi connectivity index (χ2n) is 2.12. The number of amides is 1. The molecule has 1 amide bonds. The number of aliphatic carboxylic acids is 1. The average molecular weight is 145 g/mol. The number of carboxylic acids is 1. The molecule has 1 rings (SSSR count). The summed E-state index contributed by atoms with van der Waals surface area (Å²) in [7, 11) is 0. The molecule has 1 aliphatic heterocycles. The molecule has 2 N–H and O–H groups in total. The van der Waals surface area contributed by atoms with Gasteiger partial charge in [0, 0.05) is 6.54 Å². The van der Waals surface area contributed by atoms with Crippen molar-refractivity contribution >= 4 is 12.1 Å². The Bertz CT molecular complexity index is 158. The van der Waals surface area contributed by atoms with Crippen LogP contribution in [0.15, 0.2) is 0 Å². The minimum absolute atomic E-state index is 0.340. The Hall–Kier alpha value is -1.26. The van der Waals surface area contributed by atoms with Gasteiger partial charge in [0.2, 0.25) is 0 Å².